The van der Waals surface area contributed by atoms with Gasteiger partial charge in [-0.05, 0) is 38.7 Å². The van der Waals surface area contributed by atoms with E-state index in [-0.39, 0.29) is 23.9 Å². The Morgan fingerprint density at radius 1 is 1.21 bits per heavy atom. The van der Waals surface area contributed by atoms with Crippen molar-refractivity contribution in [1.82, 2.24) is 29.7 Å². The Hall–Kier alpha value is -2.87. The second kappa shape index (κ2) is 12.3. The monoisotopic (exact) mass is 565 g/mol. The fourth-order valence-electron chi connectivity index (χ4n) is 4.54. The maximum atomic E-state index is 13.6. The Balaban J connectivity index is 1.73. The van der Waals surface area contributed by atoms with E-state index < -0.39 is 21.4 Å². The number of hydrogen-bond donors (Lipinski definition) is 1. The number of sulfonamides is 1. The number of halogens is 1. The fourth-order valence-corrected chi connectivity index (χ4v) is 5.78. The van der Waals surface area contributed by atoms with Crippen LogP contribution in [0.15, 0.2) is 30.6 Å². The van der Waals surface area contributed by atoms with Gasteiger partial charge in [0.15, 0.2) is 11.6 Å². The predicted molar refractivity (Wildman–Crippen MR) is 142 cm³/mol. The summed E-state index contributed by atoms with van der Waals surface area (Å²) in [6.07, 6.45) is 5.19. The lowest BCUT2D eigenvalue weighted by molar-refractivity contribution is -0.0169. The van der Waals surface area contributed by atoms with Gasteiger partial charge in [0.05, 0.1) is 24.3 Å². The highest BCUT2D eigenvalue weighted by molar-refractivity contribution is 7.93. The van der Waals surface area contributed by atoms with Crippen LogP contribution < -0.4 is 9.46 Å². The molecule has 1 aliphatic heterocycles. The van der Waals surface area contributed by atoms with Gasteiger partial charge in [-0.15, -0.1) is 10.2 Å². The van der Waals surface area contributed by atoms with Gasteiger partial charge in [0.2, 0.25) is 21.9 Å². The van der Waals surface area contributed by atoms with Crippen LogP contribution in [0.3, 0.4) is 0 Å². The van der Waals surface area contributed by atoms with Crippen molar-refractivity contribution in [3.8, 4) is 17.4 Å². The van der Waals surface area contributed by atoms with Crippen LogP contribution in [0.1, 0.15) is 57.5 Å². The number of rotatable bonds is 11. The van der Waals surface area contributed by atoms with Crippen LogP contribution in [0.5, 0.6) is 5.88 Å². The van der Waals surface area contributed by atoms with E-state index in [2.05, 4.69) is 29.9 Å². The van der Waals surface area contributed by atoms with Crippen LogP contribution in [-0.2, 0) is 19.5 Å². The topological polar surface area (TPSA) is 143 Å². The molecule has 0 unspecified atom stereocenters. The number of ether oxygens (including phenoxy) is 3. The molecule has 0 aliphatic carbocycles. The molecule has 1 saturated heterocycles. The number of nitrogens with one attached hydrogen (secondary N) is 1. The number of aromatic nitrogens is 6. The van der Waals surface area contributed by atoms with E-state index in [4.69, 9.17) is 25.8 Å². The van der Waals surface area contributed by atoms with E-state index in [0.717, 1.165) is 19.3 Å². The van der Waals surface area contributed by atoms with Gasteiger partial charge >= 0.3 is 0 Å². The Bertz CT molecular complexity index is 1320. The Morgan fingerprint density at radius 2 is 1.97 bits per heavy atom. The molecule has 1 N–H and O–H groups in total. The first kappa shape index (κ1) is 28.1. The molecule has 14 heteroatoms. The van der Waals surface area contributed by atoms with Crippen molar-refractivity contribution in [3.63, 3.8) is 0 Å². The lowest BCUT2D eigenvalue weighted by Crippen LogP contribution is -2.35. The molecule has 3 aromatic rings. The Morgan fingerprint density at radius 3 is 2.61 bits per heavy atom. The van der Waals surface area contributed by atoms with Gasteiger partial charge in [-0.3, -0.25) is 9.29 Å². The van der Waals surface area contributed by atoms with Crippen molar-refractivity contribution in [1.29, 1.82) is 0 Å². The summed E-state index contributed by atoms with van der Waals surface area (Å²) in [7, 11) is -1.13. The maximum absolute atomic E-state index is 13.6. The number of hydrogen-bond acceptors (Lipinski definition) is 10. The van der Waals surface area contributed by atoms with Crippen molar-refractivity contribution in [2.24, 2.45) is 0 Å². The lowest BCUT2D eigenvalue weighted by Gasteiger charge is -2.32. The summed E-state index contributed by atoms with van der Waals surface area (Å²) in [6.45, 7) is 4.18. The van der Waals surface area contributed by atoms with Gasteiger partial charge in [0.1, 0.15) is 17.0 Å². The molecule has 0 saturated carbocycles. The first-order valence-electron chi connectivity index (χ1n) is 12.4. The molecular weight excluding hydrogens is 534 g/mol. The molecule has 12 nitrogen and oxygen atoms in total. The third kappa shape index (κ3) is 6.06. The van der Waals surface area contributed by atoms with Crippen LogP contribution in [-0.4, -0.2) is 70.3 Å². The normalized spacial score (nSPS) is 18.5. The first-order valence-corrected chi connectivity index (χ1v) is 14.3. The van der Waals surface area contributed by atoms with Crippen molar-refractivity contribution < 1.29 is 22.6 Å². The SMILES string of the molecule is CC[C@H]([C@@H]1CCCCO1)n1c(NS(=O)(=O)[C@@H](C)[C@H](OC)c2ncc(Cl)cn2)nnc1-c1cccc(OC)n1. The van der Waals surface area contributed by atoms with E-state index in [0.29, 0.717) is 35.4 Å². The maximum Gasteiger partial charge on any atom is 0.240 e. The molecule has 206 valence electrons. The Kier molecular flexibility index (Phi) is 9.13. The number of pyridine rings is 1. The summed E-state index contributed by atoms with van der Waals surface area (Å²) in [6, 6.07) is 5.05. The summed E-state index contributed by atoms with van der Waals surface area (Å²) >= 11 is 5.90. The van der Waals surface area contributed by atoms with Gasteiger partial charge in [-0.25, -0.2) is 23.4 Å². The van der Waals surface area contributed by atoms with E-state index in [1.165, 1.54) is 33.5 Å². The predicted octanol–water partition coefficient (Wildman–Crippen LogP) is 3.83. The van der Waals surface area contributed by atoms with Gasteiger partial charge < -0.3 is 14.2 Å². The molecule has 1 aliphatic rings. The largest absolute Gasteiger partial charge is 0.481 e. The van der Waals surface area contributed by atoms with E-state index in [1.807, 2.05) is 6.92 Å². The lowest BCUT2D eigenvalue weighted by atomic mass is 9.99. The number of nitrogens with zero attached hydrogens (tertiary/aromatic N) is 6. The molecule has 0 radical (unpaired) electrons. The van der Waals surface area contributed by atoms with Crippen molar-refractivity contribution >= 4 is 27.6 Å². The van der Waals surface area contributed by atoms with Gasteiger partial charge in [-0.2, -0.15) is 0 Å². The van der Waals surface area contributed by atoms with E-state index >= 15 is 0 Å². The molecule has 0 spiro atoms. The molecule has 4 atom stereocenters. The third-order valence-corrected chi connectivity index (χ3v) is 8.44. The van der Waals surface area contributed by atoms with E-state index in [1.54, 1.807) is 22.8 Å². The second-order valence-electron chi connectivity index (χ2n) is 8.93. The second-order valence-corrected chi connectivity index (χ2v) is 11.4. The summed E-state index contributed by atoms with van der Waals surface area (Å²) in [5.74, 6) is 1.06. The van der Waals surface area contributed by atoms with Crippen LogP contribution in [0.2, 0.25) is 5.02 Å². The van der Waals surface area contributed by atoms with Crippen LogP contribution in [0.25, 0.3) is 11.5 Å². The smallest absolute Gasteiger partial charge is 0.240 e. The van der Waals surface area contributed by atoms with Crippen LogP contribution in [0.4, 0.5) is 5.95 Å². The highest BCUT2D eigenvalue weighted by atomic mass is 35.5. The standard InChI is InChI=1S/C24H32ClN7O5S/c1-5-18(19-10-6-7-12-37-19)32-23(17-9-8-11-20(28-17)35-3)29-30-24(32)31-38(33,34)15(2)21(36-4)22-26-13-16(25)14-27-22/h8-9,11,13-15,18-19,21H,5-7,10,12H2,1-4H3,(H,30,31)/t15-,18+,19-,21-/m0/s1. The molecular formula is C24H32ClN7O5S. The zero-order chi connectivity index (χ0) is 27.3. The fraction of sp³-hybridized carbons (Fsp3) is 0.542. The zero-order valence-corrected chi connectivity index (χ0v) is 23.3. The molecule has 3 aromatic heterocycles. The van der Waals surface area contributed by atoms with Crippen LogP contribution >= 0.6 is 11.6 Å². The van der Waals surface area contributed by atoms with Gasteiger partial charge in [0.25, 0.3) is 0 Å². The summed E-state index contributed by atoms with van der Waals surface area (Å²) in [5.41, 5.74) is 0.494. The van der Waals surface area contributed by atoms with Crippen molar-refractivity contribution in [2.45, 2.75) is 63.0 Å². The first-order chi connectivity index (χ1) is 18.3. The Labute approximate surface area is 227 Å². The van der Waals surface area contributed by atoms with Gasteiger partial charge in [0, 0.05) is 32.2 Å². The molecule has 0 amide bonds. The number of anilines is 1. The van der Waals surface area contributed by atoms with Crippen molar-refractivity contribution in [2.75, 3.05) is 25.5 Å². The summed E-state index contributed by atoms with van der Waals surface area (Å²) < 4.78 is 48.5. The third-order valence-electron chi connectivity index (χ3n) is 6.55. The molecule has 4 rings (SSSR count). The summed E-state index contributed by atoms with van der Waals surface area (Å²) in [5, 5.41) is 7.84. The minimum Gasteiger partial charge on any atom is -0.481 e. The molecule has 38 heavy (non-hydrogen) atoms. The minimum absolute atomic E-state index is 0.0596. The minimum atomic E-state index is -4.06. The molecule has 4 heterocycles. The quantitative estimate of drug-likeness (QED) is 0.364. The molecule has 0 bridgehead atoms. The average molecular weight is 566 g/mol. The van der Waals surface area contributed by atoms with Crippen LogP contribution in [0, 0.1) is 0 Å². The molecule has 1 fully saturated rings. The highest BCUT2D eigenvalue weighted by Crippen LogP contribution is 2.34. The number of methoxy groups -OCH3 is 2. The van der Waals surface area contributed by atoms with E-state index in [9.17, 15) is 8.42 Å². The van der Waals surface area contributed by atoms with Gasteiger partial charge in [-0.1, -0.05) is 24.6 Å². The zero-order valence-electron chi connectivity index (χ0n) is 21.7. The van der Waals surface area contributed by atoms with Crippen molar-refractivity contribution in [3.05, 3.63) is 41.4 Å². The summed E-state index contributed by atoms with van der Waals surface area (Å²) in [4.78, 5) is 12.8. The highest BCUT2D eigenvalue weighted by Gasteiger charge is 2.36. The average Bonchev–Trinajstić information content (AvgIpc) is 3.33. The molecule has 0 aromatic carbocycles.